The number of likely N-dealkylation sites (tertiary alicyclic amines) is 1. The predicted octanol–water partition coefficient (Wildman–Crippen LogP) is 0.150. The lowest BCUT2D eigenvalue weighted by Crippen LogP contribution is -2.62. The highest BCUT2D eigenvalue weighted by Gasteiger charge is 2.40. The van der Waals surface area contributed by atoms with Crippen LogP contribution in [0.3, 0.4) is 0 Å². The van der Waals surface area contributed by atoms with Crippen molar-refractivity contribution in [1.29, 1.82) is 0 Å². The molecule has 158 valence electrons. The SMILES string of the molecule is [B]C([B])([B])C([B])([B])N1CCC(S(=O)(=O)NC(=O)Nc2c3c(cc4c2CCC4)CCC3)CC1. The van der Waals surface area contributed by atoms with Crippen LogP contribution in [-0.2, 0) is 35.7 Å². The molecule has 0 spiro atoms. The highest BCUT2D eigenvalue weighted by Crippen LogP contribution is 2.38. The molecule has 4 rings (SSSR count). The molecule has 12 heteroatoms. The Labute approximate surface area is 197 Å². The molecule has 3 aliphatic rings. The first-order valence-corrected chi connectivity index (χ1v) is 12.6. The summed E-state index contributed by atoms with van der Waals surface area (Å²) in [4.78, 5) is 14.3. The molecule has 1 fully saturated rings. The molecular formula is C20H24B5N3O3S. The first-order chi connectivity index (χ1) is 14.9. The van der Waals surface area contributed by atoms with E-state index in [1.165, 1.54) is 11.1 Å². The van der Waals surface area contributed by atoms with Crippen molar-refractivity contribution in [1.82, 2.24) is 9.62 Å². The molecule has 6 nitrogen and oxygen atoms in total. The number of hydrogen-bond donors (Lipinski definition) is 2. The molecule has 1 aromatic carbocycles. The normalized spacial score (nSPS) is 20.0. The standard InChI is InChI=1S/C20H24B5N3O3S/c21-19(22,23)20(24,25)28-9-7-14(8-10-28)32(30,31)27-18(29)26-17-15-5-1-3-12(15)11-13-4-2-6-16(13)17/h11,14H,1-10H2,(H2,26,27,29). The Morgan fingerprint density at radius 2 is 1.47 bits per heavy atom. The van der Waals surface area contributed by atoms with Gasteiger partial charge in [-0.3, -0.25) is 0 Å². The second-order valence-electron chi connectivity index (χ2n) is 9.28. The predicted molar refractivity (Wildman–Crippen MR) is 130 cm³/mol. The summed E-state index contributed by atoms with van der Waals surface area (Å²) in [6, 6.07) is 1.53. The number of fused-ring (bicyclic) bond motifs is 2. The lowest BCUT2D eigenvalue weighted by molar-refractivity contribution is 0.185. The first kappa shape index (κ1) is 23.9. The summed E-state index contributed by atoms with van der Waals surface area (Å²) in [5.74, 6) is 0. The van der Waals surface area contributed by atoms with Crippen LogP contribution in [0, 0.1) is 0 Å². The topological polar surface area (TPSA) is 78.5 Å². The Morgan fingerprint density at radius 1 is 0.938 bits per heavy atom. The molecule has 2 N–H and O–H groups in total. The molecule has 1 aliphatic heterocycles. The molecule has 1 saturated heterocycles. The van der Waals surface area contributed by atoms with Crippen LogP contribution in [0.2, 0.25) is 5.11 Å². The average Bonchev–Trinajstić information content (AvgIpc) is 3.36. The minimum absolute atomic E-state index is 0.213. The van der Waals surface area contributed by atoms with E-state index in [-0.39, 0.29) is 25.9 Å². The Hall–Kier alpha value is -1.28. The maximum atomic E-state index is 12.9. The van der Waals surface area contributed by atoms with Gasteiger partial charge in [0.2, 0.25) is 10.0 Å². The maximum Gasteiger partial charge on any atom is 0.332 e. The van der Waals surface area contributed by atoms with Crippen LogP contribution < -0.4 is 10.0 Å². The lowest BCUT2D eigenvalue weighted by atomic mass is 9.26. The molecular weight excluding hydrogens is 416 g/mol. The van der Waals surface area contributed by atoms with Crippen LogP contribution in [0.15, 0.2) is 6.07 Å². The Bertz CT molecular complexity index is 986. The number of anilines is 1. The molecule has 0 unspecified atom stereocenters. The number of urea groups is 1. The molecule has 2 aliphatic carbocycles. The fourth-order valence-corrected chi connectivity index (χ4v) is 6.44. The van der Waals surface area contributed by atoms with Gasteiger partial charge in [-0.1, -0.05) is 11.4 Å². The number of aryl methyl sites for hydroxylation is 2. The molecule has 0 atom stereocenters. The van der Waals surface area contributed by atoms with Crippen LogP contribution in [0.25, 0.3) is 0 Å². The van der Waals surface area contributed by atoms with Crippen molar-refractivity contribution in [3.05, 3.63) is 28.3 Å². The van der Waals surface area contributed by atoms with Gasteiger partial charge < -0.3 is 10.2 Å². The van der Waals surface area contributed by atoms with E-state index in [0.717, 1.165) is 55.3 Å². The zero-order valence-electron chi connectivity index (χ0n) is 18.2. The fraction of sp³-hybridized carbons (Fsp3) is 0.650. The number of carbonyl (C=O) groups is 1. The third-order valence-electron chi connectivity index (χ3n) is 7.04. The third-order valence-corrected chi connectivity index (χ3v) is 8.86. The number of hydrogen-bond acceptors (Lipinski definition) is 4. The number of nitrogens with zero attached hydrogens (tertiary/aromatic N) is 1. The van der Waals surface area contributed by atoms with E-state index in [1.807, 2.05) is 0 Å². The monoisotopic (exact) mass is 441 g/mol. The van der Waals surface area contributed by atoms with E-state index in [2.05, 4.69) is 16.1 Å². The molecule has 1 heterocycles. The Morgan fingerprint density at radius 3 is 1.97 bits per heavy atom. The number of piperidine rings is 1. The maximum absolute atomic E-state index is 12.9. The Kier molecular flexibility index (Phi) is 6.34. The van der Waals surface area contributed by atoms with E-state index >= 15 is 0 Å². The number of rotatable bonds is 5. The van der Waals surface area contributed by atoms with Gasteiger partial charge in [-0.2, -0.15) is 0 Å². The number of sulfonamides is 1. The van der Waals surface area contributed by atoms with Gasteiger partial charge in [0.1, 0.15) is 0 Å². The number of nitrogens with one attached hydrogen (secondary N) is 2. The zero-order chi connectivity index (χ0) is 23.3. The van der Waals surface area contributed by atoms with Crippen LogP contribution in [0.4, 0.5) is 10.5 Å². The minimum atomic E-state index is -3.90. The van der Waals surface area contributed by atoms with E-state index in [4.69, 9.17) is 39.2 Å². The molecule has 10 radical (unpaired) electrons. The number of benzene rings is 1. The Balaban J connectivity index is 1.42. The summed E-state index contributed by atoms with van der Waals surface area (Å²) < 4.78 is 28.0. The summed E-state index contributed by atoms with van der Waals surface area (Å²) in [5.41, 5.74) is 5.61. The van der Waals surface area contributed by atoms with Gasteiger partial charge >= 0.3 is 6.03 Å². The summed E-state index contributed by atoms with van der Waals surface area (Å²) >= 11 is 0. The number of carbonyl (C=O) groups excluding carboxylic acids is 1. The van der Waals surface area contributed by atoms with Crippen molar-refractivity contribution < 1.29 is 13.2 Å². The minimum Gasteiger partial charge on any atom is -0.316 e. The van der Waals surface area contributed by atoms with Crippen molar-refractivity contribution in [3.8, 4) is 0 Å². The van der Waals surface area contributed by atoms with Crippen molar-refractivity contribution >= 4 is 61.0 Å². The van der Waals surface area contributed by atoms with E-state index < -0.39 is 31.8 Å². The van der Waals surface area contributed by atoms with E-state index in [0.29, 0.717) is 0 Å². The van der Waals surface area contributed by atoms with Crippen molar-refractivity contribution in [2.75, 3.05) is 18.4 Å². The smallest absolute Gasteiger partial charge is 0.316 e. The summed E-state index contributed by atoms with van der Waals surface area (Å²) in [5, 5.41) is -1.45. The molecule has 1 aromatic rings. The second kappa shape index (κ2) is 8.50. The summed E-state index contributed by atoms with van der Waals surface area (Å²) in [7, 11) is 25.0. The average molecular weight is 441 g/mol. The number of amides is 2. The summed E-state index contributed by atoms with van der Waals surface area (Å²) in [6.07, 6.45) is 6.30. The van der Waals surface area contributed by atoms with Gasteiger partial charge in [-0.05, 0) is 86.7 Å². The lowest BCUT2D eigenvalue weighted by Gasteiger charge is -2.52. The van der Waals surface area contributed by atoms with Crippen LogP contribution in [-0.4, -0.2) is 82.3 Å². The molecule has 0 saturated carbocycles. The van der Waals surface area contributed by atoms with Crippen LogP contribution in [0.1, 0.15) is 47.9 Å². The van der Waals surface area contributed by atoms with E-state index in [9.17, 15) is 13.2 Å². The van der Waals surface area contributed by atoms with Gasteiger partial charge in [0, 0.05) is 5.69 Å². The zero-order valence-corrected chi connectivity index (χ0v) is 19.0. The molecule has 2 amide bonds. The van der Waals surface area contributed by atoms with Crippen LogP contribution in [0.5, 0.6) is 0 Å². The second-order valence-corrected chi connectivity index (χ2v) is 11.2. The third kappa shape index (κ3) is 4.41. The molecule has 32 heavy (non-hydrogen) atoms. The molecule has 0 aromatic heterocycles. The van der Waals surface area contributed by atoms with Crippen molar-refractivity contribution in [2.24, 2.45) is 0 Å². The van der Waals surface area contributed by atoms with Crippen LogP contribution >= 0.6 is 0 Å². The first-order valence-electron chi connectivity index (χ1n) is 11.1. The van der Waals surface area contributed by atoms with E-state index in [1.54, 1.807) is 4.90 Å². The van der Waals surface area contributed by atoms with Crippen molar-refractivity contribution in [2.45, 2.75) is 67.1 Å². The van der Waals surface area contributed by atoms with Gasteiger partial charge in [0.15, 0.2) is 0 Å². The van der Waals surface area contributed by atoms with Gasteiger partial charge in [-0.25, -0.2) is 17.9 Å². The highest BCUT2D eigenvalue weighted by molar-refractivity contribution is 7.90. The van der Waals surface area contributed by atoms with Crippen molar-refractivity contribution in [3.63, 3.8) is 0 Å². The highest BCUT2D eigenvalue weighted by atomic mass is 32.2. The van der Waals surface area contributed by atoms with Gasteiger partial charge in [-0.15, -0.1) is 5.11 Å². The van der Waals surface area contributed by atoms with Gasteiger partial charge in [0.05, 0.1) is 44.5 Å². The molecule has 0 bridgehead atoms. The quantitative estimate of drug-likeness (QED) is 0.639. The largest absolute Gasteiger partial charge is 0.332 e. The fourth-order valence-electron chi connectivity index (χ4n) is 5.13. The summed E-state index contributed by atoms with van der Waals surface area (Å²) in [6.45, 7) is 0.459. The van der Waals surface area contributed by atoms with Gasteiger partial charge in [0.25, 0.3) is 0 Å².